The molecule has 0 saturated carbocycles. The first-order chi connectivity index (χ1) is 6.65. The summed E-state index contributed by atoms with van der Waals surface area (Å²) in [7, 11) is 0.431. The Bertz CT molecular complexity index is 329. The van der Waals surface area contributed by atoms with Gasteiger partial charge in [0.15, 0.2) is 0 Å². The van der Waals surface area contributed by atoms with E-state index in [1.807, 2.05) is 0 Å². The Hall–Kier alpha value is -0.930. The molecule has 0 spiro atoms. The maximum atomic E-state index is 11.9. The smallest absolute Gasteiger partial charge is 0.293 e. The molecular formula is C8H15N2O3P. The molecule has 0 saturated heterocycles. The van der Waals surface area contributed by atoms with Gasteiger partial charge in [0.05, 0.1) is 5.69 Å². The fourth-order valence-electron chi connectivity index (χ4n) is 1.01. The van der Waals surface area contributed by atoms with E-state index in [0.717, 1.165) is 5.69 Å². The summed E-state index contributed by atoms with van der Waals surface area (Å²) in [6.45, 7) is 1.80. The van der Waals surface area contributed by atoms with E-state index in [-0.39, 0.29) is 0 Å². The van der Waals surface area contributed by atoms with Crippen molar-refractivity contribution in [1.29, 1.82) is 0 Å². The molecule has 80 valence electrons. The lowest BCUT2D eigenvalue weighted by Crippen LogP contribution is -2.02. The van der Waals surface area contributed by atoms with Crippen LogP contribution in [0.3, 0.4) is 0 Å². The van der Waals surface area contributed by atoms with Crippen LogP contribution in [0.2, 0.25) is 0 Å². The highest BCUT2D eigenvalue weighted by Crippen LogP contribution is 2.46. The summed E-state index contributed by atoms with van der Waals surface area (Å²) >= 11 is 0. The van der Waals surface area contributed by atoms with Crippen LogP contribution in [-0.4, -0.2) is 20.3 Å². The zero-order valence-corrected chi connectivity index (χ0v) is 9.43. The zero-order chi connectivity index (χ0) is 10.6. The van der Waals surface area contributed by atoms with Crippen LogP contribution < -0.4 is 10.4 Å². The fraction of sp³-hybridized carbons (Fsp3) is 0.500. The van der Waals surface area contributed by atoms with E-state index >= 15 is 0 Å². The molecule has 14 heavy (non-hydrogen) atoms. The second-order valence-electron chi connectivity index (χ2n) is 2.73. The zero-order valence-electron chi connectivity index (χ0n) is 8.53. The van der Waals surface area contributed by atoms with E-state index in [2.05, 4.69) is 10.4 Å². The minimum absolute atomic E-state index is 0.428. The van der Waals surface area contributed by atoms with E-state index in [4.69, 9.17) is 8.94 Å². The first kappa shape index (κ1) is 11.1. The summed E-state index contributed by atoms with van der Waals surface area (Å²) in [5.41, 5.74) is 1.41. The van der Waals surface area contributed by atoms with Gasteiger partial charge in [-0.25, -0.2) is 0 Å². The van der Waals surface area contributed by atoms with Crippen LogP contribution in [0.25, 0.3) is 0 Å². The van der Waals surface area contributed by atoms with Gasteiger partial charge in [0.2, 0.25) is 0 Å². The van der Waals surface area contributed by atoms with Gasteiger partial charge in [-0.1, -0.05) is 6.92 Å². The molecule has 1 aromatic heterocycles. The third-order valence-electron chi connectivity index (χ3n) is 1.93. The van der Waals surface area contributed by atoms with Gasteiger partial charge in [0.1, 0.15) is 18.2 Å². The Morgan fingerprint density at radius 3 is 2.64 bits per heavy atom. The summed E-state index contributed by atoms with van der Waals surface area (Å²) in [4.78, 5) is 0. The van der Waals surface area contributed by atoms with Crippen molar-refractivity contribution in [2.75, 3.05) is 30.7 Å². The molecule has 0 fully saturated rings. The minimum Gasteiger partial charge on any atom is -0.468 e. The Kier molecular flexibility index (Phi) is 3.61. The summed E-state index contributed by atoms with van der Waals surface area (Å²) < 4.78 is 21.8. The van der Waals surface area contributed by atoms with Crippen molar-refractivity contribution >= 4 is 18.9 Å². The summed E-state index contributed by atoms with van der Waals surface area (Å²) in [6, 6.07) is 0. The lowest BCUT2D eigenvalue weighted by atomic mass is 10.5. The summed E-state index contributed by atoms with van der Waals surface area (Å²) in [6.07, 6.45) is 3.46. The predicted molar refractivity (Wildman–Crippen MR) is 57.0 cm³/mol. The van der Waals surface area contributed by atoms with Gasteiger partial charge in [0.25, 0.3) is 7.52 Å². The van der Waals surface area contributed by atoms with Gasteiger partial charge in [-0.2, -0.15) is 0 Å². The molecule has 0 bridgehead atoms. The SMILES string of the molecule is CCP(=O)(Nc1cocc1NC)OC. The normalized spacial score (nSPS) is 14.8. The molecule has 0 aliphatic carbocycles. The van der Waals surface area contributed by atoms with Crippen molar-refractivity contribution in [3.8, 4) is 0 Å². The second-order valence-corrected chi connectivity index (χ2v) is 5.30. The predicted octanol–water partition coefficient (Wildman–Crippen LogP) is 2.59. The standard InChI is InChI=1S/C8H15N2O3P/c1-4-14(11,12-3)10-8-6-13-5-7(8)9-2/h5-6,9H,4H2,1-3H3,(H,10,11). The molecule has 6 heteroatoms. The molecule has 1 atom stereocenters. The first-order valence-corrected chi connectivity index (χ1v) is 6.13. The van der Waals surface area contributed by atoms with Crippen molar-refractivity contribution in [2.45, 2.75) is 6.92 Å². The average molecular weight is 218 g/mol. The third-order valence-corrected chi connectivity index (χ3v) is 3.94. The van der Waals surface area contributed by atoms with Crippen LogP contribution >= 0.6 is 7.52 Å². The molecule has 0 radical (unpaired) electrons. The lowest BCUT2D eigenvalue weighted by Gasteiger charge is -2.16. The molecule has 0 amide bonds. The molecule has 2 N–H and O–H groups in total. The fourth-order valence-corrected chi connectivity index (χ4v) is 2.06. The van der Waals surface area contributed by atoms with Crippen LogP contribution in [0.5, 0.6) is 0 Å². The van der Waals surface area contributed by atoms with Crippen molar-refractivity contribution in [3.63, 3.8) is 0 Å². The van der Waals surface area contributed by atoms with Gasteiger partial charge in [-0.15, -0.1) is 0 Å². The van der Waals surface area contributed by atoms with Crippen molar-refractivity contribution in [2.24, 2.45) is 0 Å². The third kappa shape index (κ3) is 2.30. The number of hydrogen-bond donors (Lipinski definition) is 2. The van der Waals surface area contributed by atoms with E-state index in [1.54, 1.807) is 14.0 Å². The summed E-state index contributed by atoms with van der Waals surface area (Å²) in [5.74, 6) is 0. The number of anilines is 2. The number of rotatable bonds is 5. The van der Waals surface area contributed by atoms with Crippen molar-refractivity contribution in [1.82, 2.24) is 0 Å². The number of furan rings is 1. The van der Waals surface area contributed by atoms with Gasteiger partial charge >= 0.3 is 0 Å². The molecular weight excluding hydrogens is 203 g/mol. The van der Waals surface area contributed by atoms with Crippen molar-refractivity contribution in [3.05, 3.63) is 12.5 Å². The van der Waals surface area contributed by atoms with Crippen LogP contribution in [0.1, 0.15) is 6.92 Å². The highest BCUT2D eigenvalue weighted by Gasteiger charge is 2.20. The number of nitrogens with one attached hydrogen (secondary N) is 2. The monoisotopic (exact) mass is 218 g/mol. The van der Waals surface area contributed by atoms with E-state index in [9.17, 15) is 4.57 Å². The van der Waals surface area contributed by atoms with E-state index in [0.29, 0.717) is 11.8 Å². The van der Waals surface area contributed by atoms with Gasteiger partial charge in [-0.3, -0.25) is 4.57 Å². The van der Waals surface area contributed by atoms with Gasteiger partial charge < -0.3 is 19.3 Å². The van der Waals surface area contributed by atoms with E-state index < -0.39 is 7.52 Å². The maximum Gasteiger partial charge on any atom is 0.293 e. The Morgan fingerprint density at radius 1 is 1.50 bits per heavy atom. The molecule has 1 heterocycles. The Balaban J connectivity index is 2.82. The number of hydrogen-bond acceptors (Lipinski definition) is 4. The van der Waals surface area contributed by atoms with Crippen molar-refractivity contribution < 1.29 is 13.5 Å². The molecule has 1 rings (SSSR count). The molecule has 0 aromatic carbocycles. The van der Waals surface area contributed by atoms with Crippen LogP contribution in [0, 0.1) is 0 Å². The highest BCUT2D eigenvalue weighted by atomic mass is 31.2. The van der Waals surface area contributed by atoms with Crippen LogP contribution in [0.4, 0.5) is 11.4 Å². The van der Waals surface area contributed by atoms with Crippen LogP contribution in [0.15, 0.2) is 16.9 Å². The molecule has 1 unspecified atom stereocenters. The Morgan fingerprint density at radius 2 is 2.14 bits per heavy atom. The second kappa shape index (κ2) is 4.53. The lowest BCUT2D eigenvalue weighted by molar-refractivity contribution is 0.399. The molecule has 5 nitrogen and oxygen atoms in total. The highest BCUT2D eigenvalue weighted by molar-refractivity contribution is 7.60. The summed E-state index contributed by atoms with van der Waals surface area (Å²) in [5, 5.41) is 5.74. The molecule has 1 aromatic rings. The topological polar surface area (TPSA) is 63.5 Å². The first-order valence-electron chi connectivity index (χ1n) is 4.32. The molecule has 0 aliphatic rings. The molecule has 0 aliphatic heterocycles. The maximum absolute atomic E-state index is 11.9. The quantitative estimate of drug-likeness (QED) is 0.743. The minimum atomic E-state index is -2.76. The van der Waals surface area contributed by atoms with Crippen LogP contribution in [-0.2, 0) is 9.09 Å². The van der Waals surface area contributed by atoms with E-state index in [1.165, 1.54) is 19.6 Å². The largest absolute Gasteiger partial charge is 0.468 e. The van der Waals surface area contributed by atoms with Gasteiger partial charge in [-0.05, 0) is 0 Å². The van der Waals surface area contributed by atoms with Gasteiger partial charge in [0, 0.05) is 20.3 Å². The Labute approximate surface area is 83.3 Å². The average Bonchev–Trinajstić information content (AvgIpc) is 2.65.